The zero-order valence-electron chi connectivity index (χ0n) is 14.7. The second-order valence-corrected chi connectivity index (χ2v) is 8.32. The molecule has 0 saturated heterocycles. The number of carboxylic acid groups (broad SMARTS) is 1. The van der Waals surface area contributed by atoms with E-state index in [4.69, 9.17) is 0 Å². The van der Waals surface area contributed by atoms with Crippen LogP contribution in [0.3, 0.4) is 0 Å². The smallest absolute Gasteiger partial charge is 0.329 e. The Morgan fingerprint density at radius 3 is 2.19 bits per heavy atom. The van der Waals surface area contributed by atoms with Crippen molar-refractivity contribution in [2.45, 2.75) is 36.6 Å². The number of anilines is 1. The number of amides is 1. The SMILES string of the molecule is Cc1ccccc1NS(=O)(=O)c1ccc(C(=O)NC2(C(=O)O)CCC2)cc1. The molecule has 1 aliphatic carbocycles. The summed E-state index contributed by atoms with van der Waals surface area (Å²) in [4.78, 5) is 23.7. The van der Waals surface area contributed by atoms with E-state index in [0.29, 0.717) is 18.5 Å². The van der Waals surface area contributed by atoms with Crippen molar-refractivity contribution in [3.63, 3.8) is 0 Å². The van der Waals surface area contributed by atoms with Gasteiger partial charge >= 0.3 is 5.97 Å². The highest BCUT2D eigenvalue weighted by Crippen LogP contribution is 2.32. The first kappa shape index (κ1) is 18.9. The number of rotatable bonds is 6. The van der Waals surface area contributed by atoms with Gasteiger partial charge in [-0.2, -0.15) is 0 Å². The van der Waals surface area contributed by atoms with Crippen molar-refractivity contribution in [2.24, 2.45) is 0 Å². The normalized spacial score (nSPS) is 15.4. The molecular formula is C19H20N2O5S. The number of sulfonamides is 1. The largest absolute Gasteiger partial charge is 0.480 e. The molecule has 0 unspecified atom stereocenters. The lowest BCUT2D eigenvalue weighted by atomic mass is 9.76. The molecule has 0 bridgehead atoms. The van der Waals surface area contributed by atoms with Crippen LogP contribution < -0.4 is 10.0 Å². The van der Waals surface area contributed by atoms with E-state index in [1.165, 1.54) is 24.3 Å². The molecule has 0 heterocycles. The minimum atomic E-state index is -3.80. The Kier molecular flexibility index (Phi) is 4.93. The summed E-state index contributed by atoms with van der Waals surface area (Å²) in [6, 6.07) is 12.4. The van der Waals surface area contributed by atoms with Crippen LogP contribution in [0.4, 0.5) is 5.69 Å². The van der Waals surface area contributed by atoms with Crippen LogP contribution >= 0.6 is 0 Å². The first-order chi connectivity index (χ1) is 12.7. The van der Waals surface area contributed by atoms with Gasteiger partial charge in [0, 0.05) is 5.56 Å². The Labute approximate surface area is 157 Å². The fraction of sp³-hybridized carbons (Fsp3) is 0.263. The highest BCUT2D eigenvalue weighted by molar-refractivity contribution is 7.92. The average Bonchev–Trinajstić information content (AvgIpc) is 2.59. The fourth-order valence-corrected chi connectivity index (χ4v) is 4.02. The lowest BCUT2D eigenvalue weighted by molar-refractivity contribution is -0.148. The van der Waals surface area contributed by atoms with E-state index in [1.54, 1.807) is 25.1 Å². The molecule has 142 valence electrons. The van der Waals surface area contributed by atoms with Gasteiger partial charge in [0.1, 0.15) is 5.54 Å². The zero-order chi connectivity index (χ0) is 19.7. The molecule has 8 heteroatoms. The van der Waals surface area contributed by atoms with Gasteiger partial charge in [0.05, 0.1) is 10.6 Å². The molecule has 2 aromatic carbocycles. The predicted octanol–water partition coefficient (Wildman–Crippen LogP) is 2.53. The number of para-hydroxylation sites is 1. The third-order valence-corrected chi connectivity index (χ3v) is 6.17. The Balaban J connectivity index is 1.75. The summed E-state index contributed by atoms with van der Waals surface area (Å²) < 4.78 is 27.6. The van der Waals surface area contributed by atoms with Crippen molar-refractivity contribution in [1.82, 2.24) is 5.32 Å². The van der Waals surface area contributed by atoms with Crippen LogP contribution in [-0.2, 0) is 14.8 Å². The summed E-state index contributed by atoms with van der Waals surface area (Å²) in [6.45, 7) is 1.80. The molecule has 0 aliphatic heterocycles. The molecule has 1 saturated carbocycles. The Hall–Kier alpha value is -2.87. The Morgan fingerprint density at radius 1 is 1.04 bits per heavy atom. The number of hydrogen-bond donors (Lipinski definition) is 3. The molecule has 3 rings (SSSR count). The van der Waals surface area contributed by atoms with Crippen LogP contribution in [0.5, 0.6) is 0 Å². The Morgan fingerprint density at radius 2 is 1.67 bits per heavy atom. The van der Waals surface area contributed by atoms with E-state index in [1.807, 2.05) is 6.07 Å². The van der Waals surface area contributed by atoms with Crippen molar-refractivity contribution < 1.29 is 23.1 Å². The quantitative estimate of drug-likeness (QED) is 0.704. The van der Waals surface area contributed by atoms with Gasteiger partial charge in [-0.25, -0.2) is 13.2 Å². The maximum atomic E-state index is 12.5. The second-order valence-electron chi connectivity index (χ2n) is 6.64. The minimum absolute atomic E-state index is 0.0129. The number of carbonyl (C=O) groups excluding carboxylic acids is 1. The number of benzene rings is 2. The van der Waals surface area contributed by atoms with Crippen LogP contribution in [0.2, 0.25) is 0 Å². The van der Waals surface area contributed by atoms with E-state index in [0.717, 1.165) is 12.0 Å². The van der Waals surface area contributed by atoms with Crippen molar-refractivity contribution >= 4 is 27.6 Å². The molecule has 0 aromatic heterocycles. The van der Waals surface area contributed by atoms with Crippen molar-refractivity contribution in [3.05, 3.63) is 59.7 Å². The highest BCUT2D eigenvalue weighted by Gasteiger charge is 2.45. The van der Waals surface area contributed by atoms with Gasteiger partial charge in [-0.1, -0.05) is 18.2 Å². The van der Waals surface area contributed by atoms with Gasteiger partial charge in [-0.15, -0.1) is 0 Å². The van der Waals surface area contributed by atoms with Gasteiger partial charge < -0.3 is 10.4 Å². The van der Waals surface area contributed by atoms with Crippen LogP contribution in [0.15, 0.2) is 53.4 Å². The van der Waals surface area contributed by atoms with Crippen molar-refractivity contribution in [3.8, 4) is 0 Å². The number of hydrogen-bond acceptors (Lipinski definition) is 4. The van der Waals surface area contributed by atoms with E-state index < -0.39 is 27.4 Å². The zero-order valence-corrected chi connectivity index (χ0v) is 15.5. The summed E-state index contributed by atoms with van der Waals surface area (Å²) in [5, 5.41) is 11.8. The maximum absolute atomic E-state index is 12.5. The fourth-order valence-electron chi connectivity index (χ4n) is 2.89. The van der Waals surface area contributed by atoms with E-state index in [-0.39, 0.29) is 10.5 Å². The second kappa shape index (κ2) is 7.03. The first-order valence-electron chi connectivity index (χ1n) is 8.48. The van der Waals surface area contributed by atoms with Crippen LogP contribution in [0, 0.1) is 6.92 Å². The summed E-state index contributed by atoms with van der Waals surface area (Å²) >= 11 is 0. The molecular weight excluding hydrogens is 368 g/mol. The Bertz CT molecular complexity index is 979. The lowest BCUT2D eigenvalue weighted by Gasteiger charge is -2.38. The van der Waals surface area contributed by atoms with Crippen LogP contribution in [0.25, 0.3) is 0 Å². The third-order valence-electron chi connectivity index (χ3n) is 4.79. The minimum Gasteiger partial charge on any atom is -0.480 e. The molecule has 1 aliphatic rings. The van der Waals surface area contributed by atoms with Gasteiger partial charge in [-0.05, 0) is 62.1 Å². The molecule has 27 heavy (non-hydrogen) atoms. The van der Waals surface area contributed by atoms with Crippen molar-refractivity contribution in [2.75, 3.05) is 4.72 Å². The molecule has 1 amide bonds. The number of carboxylic acids is 1. The summed E-state index contributed by atoms with van der Waals surface area (Å²) in [6.07, 6.45) is 1.52. The van der Waals surface area contributed by atoms with E-state index in [2.05, 4.69) is 10.0 Å². The summed E-state index contributed by atoms with van der Waals surface area (Å²) in [5.41, 5.74) is 0.260. The number of carbonyl (C=O) groups is 2. The molecule has 2 aromatic rings. The average molecular weight is 388 g/mol. The van der Waals surface area contributed by atoms with Crippen LogP contribution in [0.1, 0.15) is 35.2 Å². The number of nitrogens with one attached hydrogen (secondary N) is 2. The maximum Gasteiger partial charge on any atom is 0.329 e. The van der Waals surface area contributed by atoms with Crippen molar-refractivity contribution in [1.29, 1.82) is 0 Å². The molecule has 1 fully saturated rings. The molecule has 3 N–H and O–H groups in total. The molecule has 0 spiro atoms. The topological polar surface area (TPSA) is 113 Å². The highest BCUT2D eigenvalue weighted by atomic mass is 32.2. The molecule has 0 radical (unpaired) electrons. The van der Waals surface area contributed by atoms with E-state index in [9.17, 15) is 23.1 Å². The number of aliphatic carboxylic acids is 1. The number of aryl methyl sites for hydroxylation is 1. The molecule has 0 atom stereocenters. The standard InChI is InChI=1S/C19H20N2O5S/c1-13-5-2-3-6-16(13)21-27(25,26)15-9-7-14(8-10-15)17(22)20-19(18(23)24)11-4-12-19/h2-3,5-10,21H,4,11-12H2,1H3,(H,20,22)(H,23,24). The molecule has 7 nitrogen and oxygen atoms in total. The first-order valence-corrected chi connectivity index (χ1v) is 9.96. The van der Waals surface area contributed by atoms with Gasteiger partial charge in [0.15, 0.2) is 0 Å². The van der Waals surface area contributed by atoms with Gasteiger partial charge in [-0.3, -0.25) is 9.52 Å². The lowest BCUT2D eigenvalue weighted by Crippen LogP contribution is -2.59. The van der Waals surface area contributed by atoms with E-state index >= 15 is 0 Å². The summed E-state index contributed by atoms with van der Waals surface area (Å²) in [5.74, 6) is -1.59. The van der Waals surface area contributed by atoms with Crippen LogP contribution in [-0.4, -0.2) is 30.9 Å². The monoisotopic (exact) mass is 388 g/mol. The summed E-state index contributed by atoms with van der Waals surface area (Å²) in [7, 11) is -3.80. The third kappa shape index (κ3) is 3.80. The predicted molar refractivity (Wildman–Crippen MR) is 100 cm³/mol. The van der Waals surface area contributed by atoms with Gasteiger partial charge in [0.25, 0.3) is 15.9 Å². The van der Waals surface area contributed by atoms with Gasteiger partial charge in [0.2, 0.25) is 0 Å².